The third kappa shape index (κ3) is 2.66. The zero-order valence-corrected chi connectivity index (χ0v) is 13.4. The van der Waals surface area contributed by atoms with Crippen molar-refractivity contribution >= 4 is 16.8 Å². The van der Waals surface area contributed by atoms with Gasteiger partial charge >= 0.3 is 0 Å². The van der Waals surface area contributed by atoms with Crippen molar-refractivity contribution in [2.75, 3.05) is 0 Å². The van der Waals surface area contributed by atoms with Crippen molar-refractivity contribution in [3.8, 4) is 0 Å². The summed E-state index contributed by atoms with van der Waals surface area (Å²) in [7, 11) is 0. The number of aromatic nitrogens is 2. The Balaban J connectivity index is 1.60. The van der Waals surface area contributed by atoms with Crippen LogP contribution >= 0.6 is 0 Å². The largest absolute Gasteiger partial charge is 0.348 e. The van der Waals surface area contributed by atoms with Crippen molar-refractivity contribution in [1.82, 2.24) is 15.5 Å². The quantitative estimate of drug-likeness (QED) is 0.767. The molecule has 0 atom stereocenters. The maximum absolute atomic E-state index is 13.4. The molecule has 1 aliphatic carbocycles. The minimum atomic E-state index is -0.300. The summed E-state index contributed by atoms with van der Waals surface area (Å²) in [6.45, 7) is 2.10. The fourth-order valence-corrected chi connectivity index (χ4v) is 3.12. The molecule has 1 amide bonds. The molecule has 122 valence electrons. The normalized spacial score (nSPS) is 14.1. The van der Waals surface area contributed by atoms with Crippen LogP contribution in [-0.2, 0) is 6.54 Å². The third-order valence-corrected chi connectivity index (χ3v) is 4.63. The molecule has 0 spiro atoms. The zero-order valence-electron chi connectivity index (χ0n) is 13.4. The van der Waals surface area contributed by atoms with Gasteiger partial charge < -0.3 is 5.32 Å². The Kier molecular flexibility index (Phi) is 3.56. The highest BCUT2D eigenvalue weighted by Gasteiger charge is 2.27. The Morgan fingerprint density at radius 3 is 2.92 bits per heavy atom. The summed E-state index contributed by atoms with van der Waals surface area (Å²) in [6, 6.07) is 8.59. The van der Waals surface area contributed by atoms with Gasteiger partial charge in [-0.3, -0.25) is 9.89 Å². The summed E-state index contributed by atoms with van der Waals surface area (Å²) in [5.74, 6) is 0.0929. The van der Waals surface area contributed by atoms with Gasteiger partial charge in [-0.25, -0.2) is 4.39 Å². The predicted octanol–water partition coefficient (Wildman–Crippen LogP) is 3.82. The lowest BCUT2D eigenvalue weighted by molar-refractivity contribution is 0.0951. The summed E-state index contributed by atoms with van der Waals surface area (Å²) in [5, 5.41) is 11.1. The first-order valence-electron chi connectivity index (χ1n) is 8.12. The Bertz CT molecular complexity index is 928. The van der Waals surface area contributed by atoms with Crippen LogP contribution in [0.3, 0.4) is 0 Å². The maximum Gasteiger partial charge on any atom is 0.251 e. The van der Waals surface area contributed by atoms with E-state index < -0.39 is 0 Å². The van der Waals surface area contributed by atoms with Gasteiger partial charge in [-0.2, -0.15) is 5.10 Å². The van der Waals surface area contributed by atoms with Crippen LogP contribution in [0.25, 0.3) is 10.9 Å². The van der Waals surface area contributed by atoms with Crippen LogP contribution in [0.1, 0.15) is 45.8 Å². The molecular weight excluding hydrogens is 305 g/mol. The fourth-order valence-electron chi connectivity index (χ4n) is 3.12. The van der Waals surface area contributed by atoms with Gasteiger partial charge in [0.05, 0.1) is 11.7 Å². The molecule has 1 aromatic heterocycles. The molecule has 4 rings (SSSR count). The Labute approximate surface area is 139 Å². The lowest BCUT2D eigenvalue weighted by Gasteiger charge is -2.12. The smallest absolute Gasteiger partial charge is 0.251 e. The van der Waals surface area contributed by atoms with Crippen LogP contribution in [0.4, 0.5) is 4.39 Å². The first-order valence-corrected chi connectivity index (χ1v) is 8.12. The van der Waals surface area contributed by atoms with Gasteiger partial charge in [-0.1, -0.05) is 6.07 Å². The number of hydrogen-bond donors (Lipinski definition) is 2. The number of nitrogens with zero attached hydrogens (tertiary/aromatic N) is 1. The molecule has 0 saturated heterocycles. The van der Waals surface area contributed by atoms with Gasteiger partial charge in [-0.05, 0) is 66.6 Å². The number of halogens is 1. The fraction of sp³-hybridized carbons (Fsp3) is 0.263. The number of hydrogen-bond acceptors (Lipinski definition) is 2. The van der Waals surface area contributed by atoms with Gasteiger partial charge in [0, 0.05) is 17.5 Å². The van der Waals surface area contributed by atoms with Crippen LogP contribution in [0.2, 0.25) is 0 Å². The molecule has 2 aromatic carbocycles. The highest BCUT2D eigenvalue weighted by atomic mass is 19.1. The minimum Gasteiger partial charge on any atom is -0.348 e. The molecular formula is C19H18FN3O. The number of carbonyl (C=O) groups is 1. The standard InChI is InChI=1S/C19H18FN3O/c1-11-8-13(4-6-17(11)20)19(24)21-9-15-14(12-2-3-12)5-7-18-16(15)10-22-23-18/h4-8,10,12H,2-3,9H2,1H3,(H,21,24)(H,22,23). The number of rotatable bonds is 4. The summed E-state index contributed by atoms with van der Waals surface area (Å²) in [5.41, 5.74) is 4.33. The topological polar surface area (TPSA) is 57.8 Å². The van der Waals surface area contributed by atoms with Gasteiger partial charge in [-0.15, -0.1) is 0 Å². The molecule has 2 N–H and O–H groups in total. The first-order chi connectivity index (χ1) is 11.6. The Morgan fingerprint density at radius 2 is 2.17 bits per heavy atom. The predicted molar refractivity (Wildman–Crippen MR) is 90.4 cm³/mol. The average Bonchev–Trinajstić information content (AvgIpc) is 3.31. The molecule has 3 aromatic rings. The number of fused-ring (bicyclic) bond motifs is 1. The number of H-pyrrole nitrogens is 1. The van der Waals surface area contributed by atoms with E-state index >= 15 is 0 Å². The first kappa shape index (κ1) is 14.9. The maximum atomic E-state index is 13.4. The molecule has 0 radical (unpaired) electrons. The van der Waals surface area contributed by atoms with Gasteiger partial charge in [0.25, 0.3) is 5.91 Å². The second-order valence-corrected chi connectivity index (χ2v) is 6.39. The van der Waals surface area contributed by atoms with E-state index in [1.807, 2.05) is 12.3 Å². The molecule has 1 aliphatic rings. The number of nitrogens with one attached hydrogen (secondary N) is 2. The van der Waals surface area contributed by atoms with Crippen molar-refractivity contribution in [3.05, 3.63) is 64.6 Å². The molecule has 0 unspecified atom stereocenters. The van der Waals surface area contributed by atoms with Gasteiger partial charge in [0.1, 0.15) is 5.82 Å². The second kappa shape index (κ2) is 5.74. The number of carbonyl (C=O) groups excluding carboxylic acids is 1. The van der Waals surface area contributed by atoms with Crippen molar-refractivity contribution in [2.24, 2.45) is 0 Å². The zero-order chi connectivity index (χ0) is 16.7. The average molecular weight is 323 g/mol. The van der Waals surface area contributed by atoms with Crippen LogP contribution in [0.15, 0.2) is 36.5 Å². The van der Waals surface area contributed by atoms with Crippen LogP contribution in [0, 0.1) is 12.7 Å². The van der Waals surface area contributed by atoms with E-state index in [0.717, 1.165) is 16.5 Å². The number of aryl methyl sites for hydroxylation is 1. The molecule has 0 bridgehead atoms. The van der Waals surface area contributed by atoms with Gasteiger partial charge in [0.15, 0.2) is 0 Å². The lowest BCUT2D eigenvalue weighted by atomic mass is 9.99. The summed E-state index contributed by atoms with van der Waals surface area (Å²) >= 11 is 0. The number of aromatic amines is 1. The lowest BCUT2D eigenvalue weighted by Crippen LogP contribution is -2.23. The molecule has 1 fully saturated rings. The Hall–Kier alpha value is -2.69. The highest BCUT2D eigenvalue weighted by molar-refractivity contribution is 5.94. The molecule has 5 heteroatoms. The van der Waals surface area contributed by atoms with Crippen molar-refractivity contribution in [2.45, 2.75) is 32.2 Å². The number of benzene rings is 2. The summed E-state index contributed by atoms with van der Waals surface area (Å²) < 4.78 is 13.4. The SMILES string of the molecule is Cc1cc(C(=O)NCc2c(C3CC3)ccc3[nH]ncc23)ccc1F. The Morgan fingerprint density at radius 1 is 1.33 bits per heavy atom. The molecule has 4 nitrogen and oxygen atoms in total. The molecule has 24 heavy (non-hydrogen) atoms. The van der Waals surface area contributed by atoms with E-state index in [9.17, 15) is 9.18 Å². The summed E-state index contributed by atoms with van der Waals surface area (Å²) in [4.78, 5) is 12.4. The van der Waals surface area contributed by atoms with Crippen LogP contribution < -0.4 is 5.32 Å². The highest BCUT2D eigenvalue weighted by Crippen LogP contribution is 2.43. The minimum absolute atomic E-state index is 0.194. The van der Waals surface area contributed by atoms with E-state index in [0.29, 0.717) is 23.6 Å². The summed E-state index contributed by atoms with van der Waals surface area (Å²) in [6.07, 6.45) is 4.20. The number of amides is 1. The third-order valence-electron chi connectivity index (χ3n) is 4.63. The monoisotopic (exact) mass is 323 g/mol. The van der Waals surface area contributed by atoms with E-state index in [2.05, 4.69) is 21.6 Å². The molecule has 0 aliphatic heterocycles. The molecule has 1 saturated carbocycles. The van der Waals surface area contributed by atoms with Gasteiger partial charge in [0.2, 0.25) is 0 Å². The van der Waals surface area contributed by atoms with Crippen molar-refractivity contribution in [3.63, 3.8) is 0 Å². The molecule has 1 heterocycles. The van der Waals surface area contributed by atoms with E-state index in [1.165, 1.54) is 30.5 Å². The second-order valence-electron chi connectivity index (χ2n) is 6.39. The van der Waals surface area contributed by atoms with Crippen LogP contribution in [-0.4, -0.2) is 16.1 Å². The van der Waals surface area contributed by atoms with E-state index in [4.69, 9.17) is 0 Å². The van der Waals surface area contributed by atoms with Crippen molar-refractivity contribution < 1.29 is 9.18 Å². The van der Waals surface area contributed by atoms with Crippen LogP contribution in [0.5, 0.6) is 0 Å². The van der Waals surface area contributed by atoms with Crippen molar-refractivity contribution in [1.29, 1.82) is 0 Å². The van der Waals surface area contributed by atoms with E-state index in [1.54, 1.807) is 13.0 Å². The van der Waals surface area contributed by atoms with E-state index in [-0.39, 0.29) is 11.7 Å².